The van der Waals surface area contributed by atoms with Crippen LogP contribution in [-0.4, -0.2) is 41.4 Å². The fourth-order valence-corrected chi connectivity index (χ4v) is 7.07. The van der Waals surface area contributed by atoms with Crippen molar-refractivity contribution in [1.82, 2.24) is 29.9 Å². The largest absolute Gasteiger partial charge is 0.340 e. The van der Waals surface area contributed by atoms with E-state index in [0.29, 0.717) is 11.6 Å². The van der Waals surface area contributed by atoms with E-state index in [1.165, 1.54) is 0 Å². The van der Waals surface area contributed by atoms with Gasteiger partial charge in [-0.25, -0.2) is 19.9 Å². The number of hydrogen-bond donors (Lipinski definition) is 2. The zero-order valence-corrected chi connectivity index (χ0v) is 24.9. The summed E-state index contributed by atoms with van der Waals surface area (Å²) >= 11 is 3.52. The van der Waals surface area contributed by atoms with Crippen LogP contribution in [0.1, 0.15) is 36.9 Å². The average Bonchev–Trinajstić information content (AvgIpc) is 3.82. The second-order valence-electron chi connectivity index (χ2n) is 9.72. The molecule has 6 nitrogen and oxygen atoms in total. The van der Waals surface area contributed by atoms with Crippen molar-refractivity contribution in [3.8, 4) is 22.3 Å². The first-order valence-electron chi connectivity index (χ1n) is 14.0. The topological polar surface area (TPSA) is 83.1 Å². The number of H-pyrrole nitrogens is 2. The molecule has 0 saturated heterocycles. The molecule has 2 N–H and O–H groups in total. The second kappa shape index (κ2) is 11.5. The molecule has 0 saturated carbocycles. The zero-order chi connectivity index (χ0) is 28.5. The first-order chi connectivity index (χ1) is 20.7. The van der Waals surface area contributed by atoms with Crippen LogP contribution >= 0.6 is 23.5 Å². The van der Waals surface area contributed by atoms with Gasteiger partial charge in [0.05, 0.1) is 21.2 Å². The summed E-state index contributed by atoms with van der Waals surface area (Å²) in [7, 11) is 0. The Hall–Kier alpha value is -4.40. The van der Waals surface area contributed by atoms with Gasteiger partial charge in [0.25, 0.3) is 0 Å². The molecule has 2 aliphatic heterocycles. The molecule has 0 atom stereocenters. The fraction of sp³-hybridized carbons (Fsp3) is 0.118. The van der Waals surface area contributed by atoms with Crippen LogP contribution in [0.2, 0.25) is 0 Å². The summed E-state index contributed by atoms with van der Waals surface area (Å²) in [6.45, 7) is 4.31. The Morgan fingerprint density at radius 2 is 0.976 bits per heavy atom. The van der Waals surface area contributed by atoms with Crippen molar-refractivity contribution in [3.63, 3.8) is 0 Å². The lowest BCUT2D eigenvalue weighted by Crippen LogP contribution is -1.89. The van der Waals surface area contributed by atoms with E-state index in [0.717, 1.165) is 77.3 Å². The number of nitrogens with one attached hydrogen (secondary N) is 2. The van der Waals surface area contributed by atoms with Crippen LogP contribution in [0.5, 0.6) is 0 Å². The number of fused-ring (bicyclic) bond motifs is 8. The van der Waals surface area contributed by atoms with Gasteiger partial charge in [0.15, 0.2) is 11.6 Å². The Bertz CT molecular complexity index is 1870. The highest BCUT2D eigenvalue weighted by molar-refractivity contribution is 8.13. The van der Waals surface area contributed by atoms with Gasteiger partial charge in [-0.1, -0.05) is 74.5 Å². The van der Waals surface area contributed by atoms with Gasteiger partial charge in [-0.05, 0) is 59.1 Å². The van der Waals surface area contributed by atoms with Crippen molar-refractivity contribution in [2.24, 2.45) is 0 Å². The van der Waals surface area contributed by atoms with Gasteiger partial charge in [-0.2, -0.15) is 0 Å². The minimum Gasteiger partial charge on any atom is -0.340 e. The minimum atomic E-state index is 0.690. The molecule has 2 aromatic carbocycles. The summed E-state index contributed by atoms with van der Waals surface area (Å²) in [6.07, 6.45) is 4.19. The molecule has 8 bridgehead atoms. The number of aromatic nitrogens is 6. The normalized spacial score (nSPS) is 12.7. The third-order valence-corrected chi connectivity index (χ3v) is 9.07. The van der Waals surface area contributed by atoms with E-state index in [-0.39, 0.29) is 0 Å². The average molecular weight is 585 g/mol. The highest BCUT2D eigenvalue weighted by Crippen LogP contribution is 2.42. The third kappa shape index (κ3) is 4.97. The molecule has 0 spiro atoms. The molecule has 0 aliphatic carbocycles. The van der Waals surface area contributed by atoms with Crippen molar-refractivity contribution < 1.29 is 0 Å². The molecule has 42 heavy (non-hydrogen) atoms. The number of hydrogen-bond acceptors (Lipinski definition) is 6. The Morgan fingerprint density at radius 3 is 1.40 bits per heavy atom. The summed E-state index contributed by atoms with van der Waals surface area (Å²) in [6, 6.07) is 29.0. The maximum atomic E-state index is 5.22. The minimum absolute atomic E-state index is 0.690. The maximum Gasteiger partial charge on any atom is 0.171 e. The summed E-state index contributed by atoms with van der Waals surface area (Å²) in [5.74, 6) is 3.21. The highest BCUT2D eigenvalue weighted by Gasteiger charge is 2.23. The molecule has 0 amide bonds. The van der Waals surface area contributed by atoms with E-state index in [2.05, 4.69) is 96.6 Å². The first kappa shape index (κ1) is 26.5. The molecule has 0 unspecified atom stereocenters. The Kier molecular flexibility index (Phi) is 7.23. The van der Waals surface area contributed by atoms with E-state index in [4.69, 9.17) is 19.9 Å². The molecular formula is C34H28N6S2. The molecule has 0 fully saturated rings. The van der Waals surface area contributed by atoms with Crippen LogP contribution in [0, 0.1) is 0 Å². The number of nitrogens with zero attached hydrogens (tertiary/aromatic N) is 4. The predicted octanol–water partition coefficient (Wildman–Crippen LogP) is 8.94. The van der Waals surface area contributed by atoms with Crippen LogP contribution in [0.3, 0.4) is 0 Å². The van der Waals surface area contributed by atoms with Crippen molar-refractivity contribution in [3.05, 3.63) is 108 Å². The van der Waals surface area contributed by atoms with E-state index >= 15 is 0 Å². The molecule has 5 heterocycles. The van der Waals surface area contributed by atoms with Gasteiger partial charge in [-0.3, -0.25) is 0 Å². The van der Waals surface area contributed by atoms with E-state index in [1.54, 1.807) is 23.5 Å². The molecular weight excluding hydrogens is 557 g/mol. The van der Waals surface area contributed by atoms with Crippen molar-refractivity contribution in [2.75, 3.05) is 11.5 Å². The number of benzene rings is 2. The zero-order valence-electron chi connectivity index (χ0n) is 23.3. The molecule has 8 heteroatoms. The number of thioether (sulfide) groups is 2. The quantitative estimate of drug-likeness (QED) is 0.203. The Morgan fingerprint density at radius 1 is 0.524 bits per heavy atom. The van der Waals surface area contributed by atoms with Gasteiger partial charge in [-0.15, -0.1) is 23.5 Å². The maximum absolute atomic E-state index is 5.22. The standard InChI is InChI=1S/C34H28N6S2/c1-3-41-31-32(42-4-2)34-39-28-20-18-26(37-28)30(22-13-9-6-10-14-22)24-16-15-23(35-24)29(21-11-7-5-8-12-21)25-17-19-27(36-25)38-33(31)40-34/h5-20H,3-4H2,1-2H3,(H2,36,37,38,39,40). The smallest absolute Gasteiger partial charge is 0.171 e. The lowest BCUT2D eigenvalue weighted by atomic mass is 10.0. The lowest BCUT2D eigenvalue weighted by molar-refractivity contribution is 1.13. The van der Waals surface area contributed by atoms with Gasteiger partial charge in [0.1, 0.15) is 11.3 Å². The molecule has 2 aliphatic rings. The summed E-state index contributed by atoms with van der Waals surface area (Å²) in [4.78, 5) is 29.5. The molecule has 7 rings (SSSR count). The second-order valence-corrected chi connectivity index (χ2v) is 12.3. The predicted molar refractivity (Wildman–Crippen MR) is 179 cm³/mol. The van der Waals surface area contributed by atoms with Gasteiger partial charge in [0.2, 0.25) is 0 Å². The van der Waals surface area contributed by atoms with Crippen LogP contribution in [-0.2, 0) is 0 Å². The SMILES string of the molecule is CCSC1=C(SCC)c2nc1nc1ccc([nH]1)c(-c1ccccc1)c1nc(c(-c3ccccc3)c3ccc(n2)[nH]3)C=C1. The summed E-state index contributed by atoms with van der Waals surface area (Å²) < 4.78 is 0. The Balaban J connectivity index is 1.63. The van der Waals surface area contributed by atoms with E-state index in [1.807, 2.05) is 24.3 Å². The Labute approximate surface area is 252 Å². The summed E-state index contributed by atoms with van der Waals surface area (Å²) in [5.41, 5.74) is 9.36. The van der Waals surface area contributed by atoms with Crippen LogP contribution in [0.15, 0.2) is 84.9 Å². The van der Waals surface area contributed by atoms with Crippen LogP contribution in [0.4, 0.5) is 0 Å². The van der Waals surface area contributed by atoms with Crippen LogP contribution < -0.4 is 0 Å². The lowest BCUT2D eigenvalue weighted by Gasteiger charge is -2.04. The van der Waals surface area contributed by atoms with E-state index < -0.39 is 0 Å². The molecule has 0 radical (unpaired) electrons. The van der Waals surface area contributed by atoms with Gasteiger partial charge < -0.3 is 9.97 Å². The molecule has 5 aromatic rings. The van der Waals surface area contributed by atoms with Crippen LogP contribution in [0.25, 0.3) is 66.5 Å². The van der Waals surface area contributed by atoms with Crippen molar-refractivity contribution in [1.29, 1.82) is 0 Å². The fourth-order valence-electron chi connectivity index (χ4n) is 5.26. The van der Waals surface area contributed by atoms with Crippen molar-refractivity contribution >= 4 is 67.8 Å². The number of rotatable bonds is 6. The van der Waals surface area contributed by atoms with Crippen molar-refractivity contribution in [2.45, 2.75) is 13.8 Å². The van der Waals surface area contributed by atoms with Gasteiger partial charge >= 0.3 is 0 Å². The van der Waals surface area contributed by atoms with Gasteiger partial charge in [0, 0.05) is 22.2 Å². The molecule has 3 aromatic heterocycles. The third-order valence-electron chi connectivity index (χ3n) is 7.01. The summed E-state index contributed by atoms with van der Waals surface area (Å²) in [5, 5.41) is 0. The molecule has 206 valence electrons. The first-order valence-corrected chi connectivity index (χ1v) is 16.0. The monoisotopic (exact) mass is 584 g/mol. The number of aromatic amines is 2. The highest BCUT2D eigenvalue weighted by atomic mass is 32.2. The van der Waals surface area contributed by atoms with E-state index in [9.17, 15) is 0 Å².